The van der Waals surface area contributed by atoms with Crippen LogP contribution in [-0.4, -0.2) is 22.8 Å². The van der Waals surface area contributed by atoms with Crippen LogP contribution in [0.3, 0.4) is 0 Å². The van der Waals surface area contributed by atoms with Crippen molar-refractivity contribution in [2.45, 2.75) is 39.5 Å². The molecule has 0 spiro atoms. The van der Waals surface area contributed by atoms with Crippen LogP contribution in [0.5, 0.6) is 0 Å². The van der Waals surface area contributed by atoms with Crippen molar-refractivity contribution >= 4 is 5.97 Å². The molecule has 0 aliphatic carbocycles. The summed E-state index contributed by atoms with van der Waals surface area (Å²) < 4.78 is 0. The second-order valence-electron chi connectivity index (χ2n) is 3.92. The Morgan fingerprint density at radius 3 is 2.33 bits per heavy atom. The standard InChI is InChI=1S/C9H18O3/c1-9(2,7-8(11)12)5-3-4-6-10/h10H,3-7H2,1-2H3,(H,11,12). The van der Waals surface area contributed by atoms with Gasteiger partial charge in [0, 0.05) is 6.61 Å². The first kappa shape index (κ1) is 11.4. The number of hydrogen-bond donors (Lipinski definition) is 2. The molecule has 0 aromatic rings. The number of aliphatic hydroxyl groups excluding tert-OH is 1. The van der Waals surface area contributed by atoms with E-state index in [2.05, 4.69) is 0 Å². The summed E-state index contributed by atoms with van der Waals surface area (Å²) in [4.78, 5) is 10.4. The largest absolute Gasteiger partial charge is 0.481 e. The van der Waals surface area contributed by atoms with Crippen LogP contribution >= 0.6 is 0 Å². The highest BCUT2D eigenvalue weighted by atomic mass is 16.4. The Balaban J connectivity index is 3.63. The Labute approximate surface area is 73.4 Å². The van der Waals surface area contributed by atoms with Crippen molar-refractivity contribution in [3.05, 3.63) is 0 Å². The van der Waals surface area contributed by atoms with Crippen molar-refractivity contribution in [1.29, 1.82) is 0 Å². The number of carbonyl (C=O) groups is 1. The van der Waals surface area contributed by atoms with E-state index in [1.54, 1.807) is 0 Å². The quantitative estimate of drug-likeness (QED) is 0.602. The summed E-state index contributed by atoms with van der Waals surface area (Å²) in [5, 5.41) is 17.1. The second kappa shape index (κ2) is 5.14. The molecule has 0 rings (SSSR count). The summed E-state index contributed by atoms with van der Waals surface area (Å²) >= 11 is 0. The molecule has 0 aliphatic rings. The van der Waals surface area contributed by atoms with Crippen molar-refractivity contribution in [1.82, 2.24) is 0 Å². The zero-order valence-electron chi connectivity index (χ0n) is 7.84. The van der Waals surface area contributed by atoms with E-state index < -0.39 is 5.97 Å². The van der Waals surface area contributed by atoms with E-state index in [1.807, 2.05) is 13.8 Å². The van der Waals surface area contributed by atoms with Gasteiger partial charge in [0.15, 0.2) is 0 Å². The summed E-state index contributed by atoms with van der Waals surface area (Å²) in [6.45, 7) is 4.08. The molecular formula is C9H18O3. The Bertz CT molecular complexity index is 141. The number of carboxylic acids is 1. The minimum Gasteiger partial charge on any atom is -0.481 e. The van der Waals surface area contributed by atoms with Crippen LogP contribution < -0.4 is 0 Å². The van der Waals surface area contributed by atoms with Gasteiger partial charge in [-0.25, -0.2) is 0 Å². The summed E-state index contributed by atoms with van der Waals surface area (Å²) in [5.74, 6) is -0.746. The fourth-order valence-electron chi connectivity index (χ4n) is 1.21. The van der Waals surface area contributed by atoms with Crippen LogP contribution in [0.2, 0.25) is 0 Å². The van der Waals surface area contributed by atoms with Gasteiger partial charge in [-0.3, -0.25) is 4.79 Å². The molecule has 0 amide bonds. The Morgan fingerprint density at radius 2 is 1.92 bits per heavy atom. The van der Waals surface area contributed by atoms with Crippen LogP contribution in [0.1, 0.15) is 39.5 Å². The average Bonchev–Trinajstić information content (AvgIpc) is 1.84. The van der Waals surface area contributed by atoms with Crippen molar-refractivity contribution in [2.24, 2.45) is 5.41 Å². The fraction of sp³-hybridized carbons (Fsp3) is 0.889. The normalized spacial score (nSPS) is 11.6. The molecule has 0 aromatic heterocycles. The lowest BCUT2D eigenvalue weighted by molar-refractivity contribution is -0.139. The number of unbranched alkanes of at least 4 members (excludes halogenated alkanes) is 1. The molecule has 12 heavy (non-hydrogen) atoms. The Hall–Kier alpha value is -0.570. The van der Waals surface area contributed by atoms with Gasteiger partial charge in [0.2, 0.25) is 0 Å². The SMILES string of the molecule is CC(C)(CCCCO)CC(=O)O. The first-order valence-corrected chi connectivity index (χ1v) is 4.30. The highest BCUT2D eigenvalue weighted by Gasteiger charge is 2.20. The third kappa shape index (κ3) is 6.16. The van der Waals surface area contributed by atoms with E-state index in [0.29, 0.717) is 0 Å². The minimum atomic E-state index is -0.746. The lowest BCUT2D eigenvalue weighted by atomic mass is 9.84. The van der Waals surface area contributed by atoms with Crippen LogP contribution in [0.4, 0.5) is 0 Å². The van der Waals surface area contributed by atoms with Gasteiger partial charge in [-0.2, -0.15) is 0 Å². The maximum absolute atomic E-state index is 10.4. The molecule has 0 atom stereocenters. The van der Waals surface area contributed by atoms with Crippen LogP contribution in [-0.2, 0) is 4.79 Å². The minimum absolute atomic E-state index is 0.138. The molecule has 0 heterocycles. The van der Waals surface area contributed by atoms with Crippen LogP contribution in [0.25, 0.3) is 0 Å². The number of hydrogen-bond acceptors (Lipinski definition) is 2. The van der Waals surface area contributed by atoms with E-state index in [0.717, 1.165) is 19.3 Å². The van der Waals surface area contributed by atoms with Gasteiger partial charge in [-0.1, -0.05) is 20.3 Å². The summed E-state index contributed by atoms with van der Waals surface area (Å²) in [5.41, 5.74) is -0.138. The molecule has 2 N–H and O–H groups in total. The van der Waals surface area contributed by atoms with Gasteiger partial charge in [-0.15, -0.1) is 0 Å². The van der Waals surface area contributed by atoms with Crippen molar-refractivity contribution in [3.63, 3.8) is 0 Å². The van der Waals surface area contributed by atoms with E-state index in [1.165, 1.54) is 0 Å². The predicted octanol–water partition coefficient (Wildman–Crippen LogP) is 1.65. The molecule has 3 nitrogen and oxygen atoms in total. The summed E-state index contributed by atoms with van der Waals surface area (Å²) in [7, 11) is 0. The van der Waals surface area contributed by atoms with E-state index in [9.17, 15) is 4.79 Å². The molecule has 0 fully saturated rings. The van der Waals surface area contributed by atoms with Crippen LogP contribution in [0, 0.1) is 5.41 Å². The topological polar surface area (TPSA) is 57.5 Å². The van der Waals surface area contributed by atoms with Gasteiger partial charge in [0.25, 0.3) is 0 Å². The maximum atomic E-state index is 10.4. The molecule has 3 heteroatoms. The number of aliphatic hydroxyl groups is 1. The van der Waals surface area contributed by atoms with Gasteiger partial charge in [-0.05, 0) is 18.3 Å². The van der Waals surface area contributed by atoms with Gasteiger partial charge >= 0.3 is 5.97 Å². The van der Waals surface area contributed by atoms with Crippen LogP contribution in [0.15, 0.2) is 0 Å². The third-order valence-corrected chi connectivity index (χ3v) is 1.89. The first-order chi connectivity index (χ1) is 5.48. The lowest BCUT2D eigenvalue weighted by Crippen LogP contribution is -2.16. The fourth-order valence-corrected chi connectivity index (χ4v) is 1.21. The molecule has 0 saturated carbocycles. The number of rotatable bonds is 6. The Kier molecular flexibility index (Phi) is 4.90. The highest BCUT2D eigenvalue weighted by Crippen LogP contribution is 2.26. The molecule has 0 aliphatic heterocycles. The van der Waals surface area contributed by atoms with E-state index in [-0.39, 0.29) is 18.4 Å². The molecule has 0 saturated heterocycles. The van der Waals surface area contributed by atoms with Gasteiger partial charge in [0.05, 0.1) is 6.42 Å². The number of carboxylic acid groups (broad SMARTS) is 1. The molecular weight excluding hydrogens is 156 g/mol. The van der Waals surface area contributed by atoms with Crippen molar-refractivity contribution in [2.75, 3.05) is 6.61 Å². The van der Waals surface area contributed by atoms with Gasteiger partial charge in [0.1, 0.15) is 0 Å². The van der Waals surface area contributed by atoms with E-state index >= 15 is 0 Å². The predicted molar refractivity (Wildman–Crippen MR) is 47.0 cm³/mol. The molecule has 0 unspecified atom stereocenters. The molecule has 0 radical (unpaired) electrons. The second-order valence-corrected chi connectivity index (χ2v) is 3.92. The monoisotopic (exact) mass is 174 g/mol. The summed E-state index contributed by atoms with van der Waals surface area (Å²) in [6, 6.07) is 0. The number of aliphatic carboxylic acids is 1. The highest BCUT2D eigenvalue weighted by molar-refractivity contribution is 5.67. The van der Waals surface area contributed by atoms with E-state index in [4.69, 9.17) is 10.2 Å². The summed E-state index contributed by atoms with van der Waals surface area (Å²) in [6.07, 6.45) is 2.73. The maximum Gasteiger partial charge on any atom is 0.303 e. The smallest absolute Gasteiger partial charge is 0.303 e. The zero-order valence-corrected chi connectivity index (χ0v) is 7.84. The average molecular weight is 174 g/mol. The molecule has 0 aromatic carbocycles. The molecule has 72 valence electrons. The third-order valence-electron chi connectivity index (χ3n) is 1.89. The zero-order chi connectivity index (χ0) is 9.61. The first-order valence-electron chi connectivity index (χ1n) is 4.30. The van der Waals surface area contributed by atoms with Gasteiger partial charge < -0.3 is 10.2 Å². The Morgan fingerprint density at radius 1 is 1.33 bits per heavy atom. The van der Waals surface area contributed by atoms with Crippen molar-refractivity contribution < 1.29 is 15.0 Å². The van der Waals surface area contributed by atoms with Crippen molar-refractivity contribution in [3.8, 4) is 0 Å². The molecule has 0 bridgehead atoms. The lowest BCUT2D eigenvalue weighted by Gasteiger charge is -2.21.